The van der Waals surface area contributed by atoms with E-state index < -0.39 is 0 Å². The molecule has 2 rings (SSSR count). The van der Waals surface area contributed by atoms with E-state index in [4.69, 9.17) is 0 Å². The summed E-state index contributed by atoms with van der Waals surface area (Å²) in [5.74, 6) is -0.196. The van der Waals surface area contributed by atoms with Crippen LogP contribution in [0.5, 0.6) is 0 Å². The van der Waals surface area contributed by atoms with Gasteiger partial charge in [0.15, 0.2) is 6.54 Å². The predicted molar refractivity (Wildman–Crippen MR) is 89.8 cm³/mol. The molecule has 3 nitrogen and oxygen atoms in total. The lowest BCUT2D eigenvalue weighted by molar-refractivity contribution is -0.885. The van der Waals surface area contributed by atoms with Crippen molar-refractivity contribution in [2.75, 3.05) is 20.1 Å². The third kappa shape index (κ3) is 5.83. The van der Waals surface area contributed by atoms with Crippen LogP contribution in [-0.4, -0.2) is 26.0 Å². The van der Waals surface area contributed by atoms with Gasteiger partial charge >= 0.3 is 0 Å². The Morgan fingerprint density at radius 3 is 2.52 bits per heavy atom. The van der Waals surface area contributed by atoms with Crippen molar-refractivity contribution in [1.29, 1.82) is 0 Å². The number of quaternary nitrogens is 1. The van der Waals surface area contributed by atoms with Crippen molar-refractivity contribution in [3.05, 3.63) is 71.0 Å². The van der Waals surface area contributed by atoms with Gasteiger partial charge in [-0.25, -0.2) is 4.39 Å². The second-order valence-electron chi connectivity index (χ2n) is 5.96. The maximum atomic E-state index is 12.9. The lowest BCUT2D eigenvalue weighted by Crippen LogP contribution is -3.08. The van der Waals surface area contributed by atoms with E-state index >= 15 is 0 Å². The van der Waals surface area contributed by atoms with Gasteiger partial charge in [-0.05, 0) is 36.6 Å². The first kappa shape index (κ1) is 17.2. The van der Waals surface area contributed by atoms with Gasteiger partial charge in [0.2, 0.25) is 0 Å². The van der Waals surface area contributed by atoms with Crippen LogP contribution >= 0.6 is 0 Å². The third-order valence-electron chi connectivity index (χ3n) is 3.86. The quantitative estimate of drug-likeness (QED) is 0.798. The molecule has 0 radical (unpaired) electrons. The van der Waals surface area contributed by atoms with Crippen molar-refractivity contribution in [2.24, 2.45) is 0 Å². The number of aryl methyl sites for hydroxylation is 1. The lowest BCUT2D eigenvalue weighted by atomic mass is 10.1. The minimum Gasteiger partial charge on any atom is -0.351 e. The van der Waals surface area contributed by atoms with E-state index in [1.807, 2.05) is 19.2 Å². The topological polar surface area (TPSA) is 33.5 Å². The smallest absolute Gasteiger partial charge is 0.275 e. The average molecular weight is 315 g/mol. The number of nitrogens with one attached hydrogen (secondary N) is 2. The molecule has 0 aliphatic heterocycles. The largest absolute Gasteiger partial charge is 0.351 e. The van der Waals surface area contributed by atoms with E-state index in [0.29, 0.717) is 19.6 Å². The van der Waals surface area contributed by atoms with Gasteiger partial charge in [-0.3, -0.25) is 4.79 Å². The Hall–Kier alpha value is -2.20. The van der Waals surface area contributed by atoms with Crippen LogP contribution < -0.4 is 10.2 Å². The number of halogens is 1. The summed E-state index contributed by atoms with van der Waals surface area (Å²) in [6, 6.07) is 14.6. The summed E-state index contributed by atoms with van der Waals surface area (Å²) in [6.45, 7) is 3.84. The summed E-state index contributed by atoms with van der Waals surface area (Å²) in [5.41, 5.74) is 3.54. The van der Waals surface area contributed by atoms with E-state index in [1.54, 1.807) is 12.1 Å². The molecule has 0 saturated carbocycles. The predicted octanol–water partition coefficient (Wildman–Crippen LogP) is 1.51. The molecule has 122 valence electrons. The number of amides is 1. The van der Waals surface area contributed by atoms with E-state index in [1.165, 1.54) is 23.3 Å². The standard InChI is InChI=1S/C19H23FN2O/c1-15-5-3-4-6-17(15)11-12-21-19(23)14-22(2)13-16-7-9-18(20)10-8-16/h3-10H,11-14H2,1-2H3,(H,21,23)/p+1. The van der Waals surface area contributed by atoms with Crippen molar-refractivity contribution < 1.29 is 14.1 Å². The molecular formula is C19H24FN2O+. The van der Waals surface area contributed by atoms with Crippen molar-refractivity contribution in [1.82, 2.24) is 5.32 Å². The molecule has 0 heterocycles. The fraction of sp³-hybridized carbons (Fsp3) is 0.316. The zero-order valence-electron chi connectivity index (χ0n) is 13.7. The highest BCUT2D eigenvalue weighted by atomic mass is 19.1. The Bertz CT molecular complexity index is 640. The highest BCUT2D eigenvalue weighted by Gasteiger charge is 2.10. The van der Waals surface area contributed by atoms with Crippen molar-refractivity contribution in [3.8, 4) is 0 Å². The summed E-state index contributed by atoms with van der Waals surface area (Å²) in [4.78, 5) is 13.1. The summed E-state index contributed by atoms with van der Waals surface area (Å²) in [5, 5.41) is 2.96. The van der Waals surface area contributed by atoms with Crippen LogP contribution in [0.2, 0.25) is 0 Å². The zero-order chi connectivity index (χ0) is 16.7. The Balaban J connectivity index is 1.71. The summed E-state index contributed by atoms with van der Waals surface area (Å²) < 4.78 is 12.9. The van der Waals surface area contributed by atoms with Crippen LogP contribution in [0, 0.1) is 12.7 Å². The molecule has 2 N–H and O–H groups in total. The van der Waals surface area contributed by atoms with E-state index in [2.05, 4.69) is 24.4 Å². The van der Waals surface area contributed by atoms with Crippen LogP contribution in [0.25, 0.3) is 0 Å². The number of carbonyl (C=O) groups excluding carboxylic acids is 1. The molecule has 0 aliphatic carbocycles. The Morgan fingerprint density at radius 2 is 1.83 bits per heavy atom. The zero-order valence-corrected chi connectivity index (χ0v) is 13.7. The van der Waals surface area contributed by atoms with Gasteiger partial charge in [0.1, 0.15) is 12.4 Å². The molecule has 23 heavy (non-hydrogen) atoms. The van der Waals surface area contributed by atoms with Crippen molar-refractivity contribution in [2.45, 2.75) is 19.9 Å². The summed E-state index contributed by atoms with van der Waals surface area (Å²) >= 11 is 0. The number of benzene rings is 2. The SMILES string of the molecule is Cc1ccccc1CCNC(=O)C[NH+](C)Cc1ccc(F)cc1. The highest BCUT2D eigenvalue weighted by molar-refractivity contribution is 5.76. The van der Waals surface area contributed by atoms with Gasteiger partial charge in [0.25, 0.3) is 5.91 Å². The van der Waals surface area contributed by atoms with E-state index in [9.17, 15) is 9.18 Å². The molecule has 0 saturated heterocycles. The summed E-state index contributed by atoms with van der Waals surface area (Å²) in [6.07, 6.45) is 0.843. The molecule has 2 aromatic carbocycles. The fourth-order valence-electron chi connectivity index (χ4n) is 2.58. The van der Waals surface area contributed by atoms with Crippen LogP contribution in [0.15, 0.2) is 48.5 Å². The molecule has 0 spiro atoms. The van der Waals surface area contributed by atoms with Crippen LogP contribution in [-0.2, 0) is 17.8 Å². The molecule has 0 aliphatic rings. The molecule has 1 unspecified atom stereocenters. The summed E-state index contributed by atoms with van der Waals surface area (Å²) in [7, 11) is 1.96. The van der Waals surface area contributed by atoms with Gasteiger partial charge in [0.05, 0.1) is 7.05 Å². The fourth-order valence-corrected chi connectivity index (χ4v) is 2.58. The second-order valence-corrected chi connectivity index (χ2v) is 5.96. The first-order chi connectivity index (χ1) is 11.0. The van der Waals surface area contributed by atoms with Gasteiger partial charge in [-0.1, -0.05) is 36.4 Å². The van der Waals surface area contributed by atoms with Gasteiger partial charge in [-0.15, -0.1) is 0 Å². The molecule has 4 heteroatoms. The Morgan fingerprint density at radius 1 is 1.13 bits per heavy atom. The number of hydrogen-bond donors (Lipinski definition) is 2. The molecule has 2 aromatic rings. The molecule has 0 fully saturated rings. The lowest BCUT2D eigenvalue weighted by Gasteiger charge is -2.14. The molecule has 0 aromatic heterocycles. The molecule has 0 bridgehead atoms. The number of carbonyl (C=O) groups is 1. The second kappa shape index (κ2) is 8.44. The Kier molecular flexibility index (Phi) is 6.29. The van der Waals surface area contributed by atoms with E-state index in [-0.39, 0.29) is 11.7 Å². The van der Waals surface area contributed by atoms with Gasteiger partial charge in [0, 0.05) is 12.1 Å². The van der Waals surface area contributed by atoms with Crippen LogP contribution in [0.1, 0.15) is 16.7 Å². The highest BCUT2D eigenvalue weighted by Crippen LogP contribution is 2.06. The first-order valence-electron chi connectivity index (χ1n) is 7.91. The number of rotatable bonds is 7. The number of likely N-dealkylation sites (N-methyl/N-ethyl adjacent to an activating group) is 1. The minimum atomic E-state index is -0.236. The normalized spacial score (nSPS) is 12.0. The Labute approximate surface area is 137 Å². The average Bonchev–Trinajstić information content (AvgIpc) is 2.51. The van der Waals surface area contributed by atoms with Crippen LogP contribution in [0.3, 0.4) is 0 Å². The monoisotopic (exact) mass is 315 g/mol. The molecular weight excluding hydrogens is 291 g/mol. The maximum Gasteiger partial charge on any atom is 0.275 e. The van der Waals surface area contributed by atoms with Crippen LogP contribution in [0.4, 0.5) is 4.39 Å². The molecule has 1 amide bonds. The number of hydrogen-bond acceptors (Lipinski definition) is 1. The van der Waals surface area contributed by atoms with Gasteiger partial charge in [-0.2, -0.15) is 0 Å². The van der Waals surface area contributed by atoms with Crippen molar-refractivity contribution in [3.63, 3.8) is 0 Å². The third-order valence-corrected chi connectivity index (χ3v) is 3.86. The minimum absolute atomic E-state index is 0.0400. The van der Waals surface area contributed by atoms with Crippen molar-refractivity contribution >= 4 is 5.91 Å². The maximum absolute atomic E-state index is 12.9. The first-order valence-corrected chi connectivity index (χ1v) is 7.91. The van der Waals surface area contributed by atoms with E-state index in [0.717, 1.165) is 16.9 Å². The molecule has 1 atom stereocenters. The van der Waals surface area contributed by atoms with Gasteiger partial charge < -0.3 is 10.2 Å².